The van der Waals surface area contributed by atoms with Crippen molar-refractivity contribution in [2.24, 2.45) is 0 Å². The van der Waals surface area contributed by atoms with Gasteiger partial charge < -0.3 is 15.4 Å². The van der Waals surface area contributed by atoms with Crippen LogP contribution in [-0.2, 0) is 11.3 Å². The lowest BCUT2D eigenvalue weighted by Gasteiger charge is -2.11. The summed E-state index contributed by atoms with van der Waals surface area (Å²) in [6.07, 6.45) is 1.50. The lowest BCUT2D eigenvalue weighted by Crippen LogP contribution is -2.09. The summed E-state index contributed by atoms with van der Waals surface area (Å²) in [5.41, 5.74) is 3.37. The molecule has 1 aromatic heterocycles. The van der Waals surface area contributed by atoms with E-state index in [0.717, 1.165) is 5.56 Å². The first-order valence-corrected chi connectivity index (χ1v) is 8.68. The highest BCUT2D eigenvalue weighted by molar-refractivity contribution is 5.96. The molecule has 138 valence electrons. The van der Waals surface area contributed by atoms with Crippen LogP contribution >= 0.6 is 0 Å². The third-order valence-corrected chi connectivity index (χ3v) is 3.82. The van der Waals surface area contributed by atoms with Gasteiger partial charge in [-0.2, -0.15) is 10.1 Å². The summed E-state index contributed by atoms with van der Waals surface area (Å²) in [4.78, 5) is 16.5. The standard InChI is InChI=1S/C20H21N5O2/c1-3-27-19(26)16-6-4-5-7-17(16)23-18-13-22-25-20(24-18)21-12-15-10-8-14(2)9-11-15/h4-11,13H,3,12H2,1-2H3,(H2,21,23,24,25). The molecule has 2 aromatic carbocycles. The number of rotatable bonds is 7. The Kier molecular flexibility index (Phi) is 5.94. The SMILES string of the molecule is CCOC(=O)c1ccccc1Nc1cnnc(NCc2ccc(C)cc2)n1. The number of carbonyl (C=O) groups is 1. The van der Waals surface area contributed by atoms with Gasteiger partial charge in [0.15, 0.2) is 5.82 Å². The number of esters is 1. The van der Waals surface area contributed by atoms with E-state index in [1.807, 2.05) is 25.1 Å². The molecule has 0 saturated heterocycles. The summed E-state index contributed by atoms with van der Waals surface area (Å²) in [7, 11) is 0. The van der Waals surface area contributed by atoms with Crippen molar-refractivity contribution >= 4 is 23.4 Å². The summed E-state index contributed by atoms with van der Waals surface area (Å²) in [5.74, 6) is 0.489. The van der Waals surface area contributed by atoms with Crippen LogP contribution in [0.5, 0.6) is 0 Å². The fourth-order valence-corrected chi connectivity index (χ4v) is 2.44. The number of aromatic nitrogens is 3. The number of nitrogens with one attached hydrogen (secondary N) is 2. The van der Waals surface area contributed by atoms with Crippen molar-refractivity contribution < 1.29 is 9.53 Å². The Morgan fingerprint density at radius 3 is 2.67 bits per heavy atom. The van der Waals surface area contributed by atoms with Crippen molar-refractivity contribution in [2.75, 3.05) is 17.2 Å². The predicted octanol–water partition coefficient (Wildman–Crippen LogP) is 3.71. The van der Waals surface area contributed by atoms with Crippen LogP contribution in [0, 0.1) is 6.92 Å². The smallest absolute Gasteiger partial charge is 0.340 e. The number of nitrogens with zero attached hydrogens (tertiary/aromatic N) is 3. The van der Waals surface area contributed by atoms with Crippen molar-refractivity contribution in [3.05, 3.63) is 71.4 Å². The molecular formula is C20H21N5O2. The Balaban J connectivity index is 1.71. The second-order valence-electron chi connectivity index (χ2n) is 5.90. The van der Waals surface area contributed by atoms with E-state index >= 15 is 0 Å². The van der Waals surface area contributed by atoms with E-state index < -0.39 is 0 Å². The Labute approximate surface area is 157 Å². The molecule has 0 radical (unpaired) electrons. The van der Waals surface area contributed by atoms with E-state index in [9.17, 15) is 4.79 Å². The van der Waals surface area contributed by atoms with Crippen LogP contribution in [0.4, 0.5) is 17.5 Å². The number of anilines is 3. The molecule has 1 heterocycles. The van der Waals surface area contributed by atoms with Gasteiger partial charge in [0.1, 0.15) is 0 Å². The molecule has 2 N–H and O–H groups in total. The lowest BCUT2D eigenvalue weighted by atomic mass is 10.1. The molecule has 3 rings (SSSR count). The molecule has 0 aliphatic carbocycles. The van der Waals surface area contributed by atoms with Crippen molar-refractivity contribution in [3.8, 4) is 0 Å². The molecule has 0 saturated carbocycles. The van der Waals surface area contributed by atoms with Gasteiger partial charge in [0.25, 0.3) is 0 Å². The summed E-state index contributed by atoms with van der Waals surface area (Å²) in [6, 6.07) is 15.3. The Morgan fingerprint density at radius 2 is 1.89 bits per heavy atom. The van der Waals surface area contributed by atoms with Gasteiger partial charge in [0.05, 0.1) is 24.1 Å². The van der Waals surface area contributed by atoms with Gasteiger partial charge in [0.2, 0.25) is 5.95 Å². The highest BCUT2D eigenvalue weighted by Crippen LogP contribution is 2.20. The molecular weight excluding hydrogens is 342 g/mol. The zero-order valence-corrected chi connectivity index (χ0v) is 15.3. The maximum absolute atomic E-state index is 12.1. The fourth-order valence-electron chi connectivity index (χ4n) is 2.44. The minimum atomic E-state index is -0.389. The topological polar surface area (TPSA) is 89.0 Å². The zero-order valence-electron chi connectivity index (χ0n) is 15.3. The first-order valence-electron chi connectivity index (χ1n) is 8.68. The molecule has 0 aliphatic rings. The first kappa shape index (κ1) is 18.3. The van der Waals surface area contributed by atoms with E-state index in [1.54, 1.807) is 25.1 Å². The van der Waals surface area contributed by atoms with Gasteiger partial charge in [0, 0.05) is 6.54 Å². The number of aryl methyl sites for hydroxylation is 1. The van der Waals surface area contributed by atoms with E-state index in [2.05, 4.69) is 37.9 Å². The highest BCUT2D eigenvalue weighted by Gasteiger charge is 2.12. The number of benzene rings is 2. The second kappa shape index (κ2) is 8.75. The molecule has 0 amide bonds. The Bertz CT molecular complexity index is 912. The Hall–Kier alpha value is -3.48. The van der Waals surface area contributed by atoms with Gasteiger partial charge in [-0.1, -0.05) is 42.0 Å². The summed E-state index contributed by atoms with van der Waals surface area (Å²) in [5, 5.41) is 14.2. The van der Waals surface area contributed by atoms with Crippen LogP contribution < -0.4 is 10.6 Å². The molecule has 3 aromatic rings. The second-order valence-corrected chi connectivity index (χ2v) is 5.90. The minimum Gasteiger partial charge on any atom is -0.462 e. The third-order valence-electron chi connectivity index (χ3n) is 3.82. The molecule has 0 bridgehead atoms. The van der Waals surface area contributed by atoms with E-state index in [4.69, 9.17) is 4.74 Å². The van der Waals surface area contributed by atoms with E-state index in [0.29, 0.717) is 36.2 Å². The van der Waals surface area contributed by atoms with Crippen LogP contribution in [0.25, 0.3) is 0 Å². The van der Waals surface area contributed by atoms with Gasteiger partial charge in [-0.05, 0) is 31.5 Å². The molecule has 7 heteroatoms. The molecule has 0 aliphatic heterocycles. The maximum atomic E-state index is 12.1. The summed E-state index contributed by atoms with van der Waals surface area (Å²) < 4.78 is 5.09. The minimum absolute atomic E-state index is 0.315. The highest BCUT2D eigenvalue weighted by atomic mass is 16.5. The normalized spacial score (nSPS) is 10.3. The first-order chi connectivity index (χ1) is 13.2. The largest absolute Gasteiger partial charge is 0.462 e. The summed E-state index contributed by atoms with van der Waals surface area (Å²) >= 11 is 0. The monoisotopic (exact) mass is 363 g/mol. The molecule has 0 fully saturated rings. The number of ether oxygens (including phenoxy) is 1. The maximum Gasteiger partial charge on any atom is 0.340 e. The van der Waals surface area contributed by atoms with E-state index in [-0.39, 0.29) is 5.97 Å². The number of hydrogen-bond acceptors (Lipinski definition) is 7. The number of carbonyl (C=O) groups excluding carboxylic acids is 1. The third kappa shape index (κ3) is 5.01. The van der Waals surface area contributed by atoms with Crippen molar-refractivity contribution in [2.45, 2.75) is 20.4 Å². The molecule has 0 unspecified atom stereocenters. The average Bonchev–Trinajstić information content (AvgIpc) is 2.68. The zero-order chi connectivity index (χ0) is 19.1. The number of para-hydroxylation sites is 1. The quantitative estimate of drug-likeness (QED) is 0.619. The summed E-state index contributed by atoms with van der Waals surface area (Å²) in [6.45, 7) is 4.72. The number of hydrogen-bond donors (Lipinski definition) is 2. The predicted molar refractivity (Wildman–Crippen MR) is 104 cm³/mol. The van der Waals surface area contributed by atoms with Crippen LogP contribution in [0.2, 0.25) is 0 Å². The van der Waals surface area contributed by atoms with Gasteiger partial charge in [-0.15, -0.1) is 5.10 Å². The molecule has 0 spiro atoms. The van der Waals surface area contributed by atoms with Crippen molar-refractivity contribution in [1.29, 1.82) is 0 Å². The lowest BCUT2D eigenvalue weighted by molar-refractivity contribution is 0.0527. The molecule has 27 heavy (non-hydrogen) atoms. The average molecular weight is 363 g/mol. The van der Waals surface area contributed by atoms with Gasteiger partial charge in [-0.25, -0.2) is 4.79 Å². The fraction of sp³-hybridized carbons (Fsp3) is 0.200. The van der Waals surface area contributed by atoms with Crippen LogP contribution in [0.1, 0.15) is 28.4 Å². The van der Waals surface area contributed by atoms with Crippen LogP contribution in [0.3, 0.4) is 0 Å². The van der Waals surface area contributed by atoms with E-state index in [1.165, 1.54) is 11.8 Å². The van der Waals surface area contributed by atoms with Gasteiger partial charge >= 0.3 is 5.97 Å². The van der Waals surface area contributed by atoms with Crippen LogP contribution in [-0.4, -0.2) is 27.8 Å². The van der Waals surface area contributed by atoms with Crippen molar-refractivity contribution in [3.63, 3.8) is 0 Å². The Morgan fingerprint density at radius 1 is 1.11 bits per heavy atom. The van der Waals surface area contributed by atoms with Crippen LogP contribution in [0.15, 0.2) is 54.7 Å². The van der Waals surface area contributed by atoms with Crippen molar-refractivity contribution in [1.82, 2.24) is 15.2 Å². The molecule has 7 nitrogen and oxygen atoms in total. The van der Waals surface area contributed by atoms with Gasteiger partial charge in [-0.3, -0.25) is 0 Å². The molecule has 0 atom stereocenters.